The zero-order chi connectivity index (χ0) is 16.4. The average molecular weight is 300 g/mol. The summed E-state index contributed by atoms with van der Waals surface area (Å²) in [6, 6.07) is 1.01. The number of urea groups is 1. The molecule has 116 valence electrons. The average Bonchev–Trinajstić information content (AvgIpc) is 2.36. The third-order valence-corrected chi connectivity index (χ3v) is 3.25. The number of carbonyl (C=O) groups is 2. The minimum Gasteiger partial charge on any atom is -0.480 e. The van der Waals surface area contributed by atoms with Gasteiger partial charge in [-0.2, -0.15) is 0 Å². The number of anilines is 1. The number of rotatable bonds is 4. The summed E-state index contributed by atoms with van der Waals surface area (Å²) in [7, 11) is 0. The van der Waals surface area contributed by atoms with Crippen LogP contribution in [0.5, 0.6) is 0 Å². The first-order chi connectivity index (χ1) is 9.61. The molecule has 0 unspecified atom stereocenters. The van der Waals surface area contributed by atoms with E-state index < -0.39 is 29.2 Å². The molecule has 0 bridgehead atoms. The standard InChI is InChI=1S/C14H18F2N2O3/c1-5-18(14(3,4)12(19)20)13(21)17-11-7-9(15)8(2)6-10(11)16/h6-7H,5H2,1-4H3,(H,17,21)(H,19,20). The van der Waals surface area contributed by atoms with Crippen molar-refractivity contribution in [2.24, 2.45) is 0 Å². The van der Waals surface area contributed by atoms with Gasteiger partial charge in [-0.25, -0.2) is 18.4 Å². The fourth-order valence-corrected chi connectivity index (χ4v) is 1.83. The number of nitrogens with one attached hydrogen (secondary N) is 1. The molecule has 0 saturated heterocycles. The van der Waals surface area contributed by atoms with Crippen molar-refractivity contribution in [3.8, 4) is 0 Å². The summed E-state index contributed by atoms with van der Waals surface area (Å²) in [6.45, 7) is 5.79. The number of carboxylic acids is 1. The van der Waals surface area contributed by atoms with Crippen LogP contribution in [-0.4, -0.2) is 34.1 Å². The topological polar surface area (TPSA) is 69.6 Å². The minimum atomic E-state index is -1.47. The maximum absolute atomic E-state index is 13.7. The molecule has 2 amide bonds. The maximum Gasteiger partial charge on any atom is 0.329 e. The monoisotopic (exact) mass is 300 g/mol. The van der Waals surface area contributed by atoms with Crippen molar-refractivity contribution in [3.05, 3.63) is 29.3 Å². The van der Waals surface area contributed by atoms with Crippen molar-refractivity contribution in [2.45, 2.75) is 33.2 Å². The fourth-order valence-electron chi connectivity index (χ4n) is 1.83. The molecule has 1 aromatic rings. The summed E-state index contributed by atoms with van der Waals surface area (Å²) >= 11 is 0. The number of nitrogens with zero attached hydrogens (tertiary/aromatic N) is 1. The Morgan fingerprint density at radius 2 is 1.86 bits per heavy atom. The van der Waals surface area contributed by atoms with E-state index in [0.717, 1.165) is 17.0 Å². The Kier molecular flexibility index (Phi) is 4.88. The van der Waals surface area contributed by atoms with Gasteiger partial charge in [0.05, 0.1) is 5.69 Å². The van der Waals surface area contributed by atoms with Gasteiger partial charge < -0.3 is 15.3 Å². The van der Waals surface area contributed by atoms with Gasteiger partial charge >= 0.3 is 12.0 Å². The molecule has 1 aromatic carbocycles. The lowest BCUT2D eigenvalue weighted by Gasteiger charge is -2.34. The second-order valence-electron chi connectivity index (χ2n) is 5.12. The summed E-state index contributed by atoms with van der Waals surface area (Å²) in [5.74, 6) is -2.64. The number of hydrogen-bond donors (Lipinski definition) is 2. The van der Waals surface area contributed by atoms with Gasteiger partial charge in [0.25, 0.3) is 0 Å². The molecule has 0 aliphatic heterocycles. The van der Waals surface area contributed by atoms with Crippen LogP contribution in [0.1, 0.15) is 26.3 Å². The molecule has 0 saturated carbocycles. The molecule has 1 rings (SSSR count). The van der Waals surface area contributed by atoms with Crippen molar-refractivity contribution in [1.29, 1.82) is 0 Å². The third-order valence-electron chi connectivity index (χ3n) is 3.25. The lowest BCUT2D eigenvalue weighted by atomic mass is 10.0. The number of aliphatic carboxylic acids is 1. The van der Waals surface area contributed by atoms with E-state index in [2.05, 4.69) is 5.32 Å². The van der Waals surface area contributed by atoms with Crippen molar-refractivity contribution < 1.29 is 23.5 Å². The Morgan fingerprint density at radius 1 is 1.29 bits per heavy atom. The quantitative estimate of drug-likeness (QED) is 0.898. The highest BCUT2D eigenvalue weighted by molar-refractivity contribution is 5.93. The molecule has 7 heteroatoms. The number of aryl methyl sites for hydroxylation is 1. The maximum atomic E-state index is 13.7. The number of benzene rings is 1. The van der Waals surface area contributed by atoms with E-state index in [1.54, 1.807) is 6.92 Å². The molecule has 0 aliphatic carbocycles. The van der Waals surface area contributed by atoms with E-state index >= 15 is 0 Å². The largest absolute Gasteiger partial charge is 0.480 e. The summed E-state index contributed by atoms with van der Waals surface area (Å²) in [6.07, 6.45) is 0. The van der Waals surface area contributed by atoms with Gasteiger partial charge in [-0.3, -0.25) is 0 Å². The molecular formula is C14H18F2N2O3. The van der Waals surface area contributed by atoms with Crippen LogP contribution >= 0.6 is 0 Å². The van der Waals surface area contributed by atoms with Crippen molar-refractivity contribution in [2.75, 3.05) is 11.9 Å². The van der Waals surface area contributed by atoms with Crippen molar-refractivity contribution in [3.63, 3.8) is 0 Å². The highest BCUT2D eigenvalue weighted by atomic mass is 19.1. The predicted octanol–water partition coefficient (Wildman–Crippen LogP) is 2.99. The number of halogens is 2. The minimum absolute atomic E-state index is 0.0983. The lowest BCUT2D eigenvalue weighted by molar-refractivity contribution is -0.147. The molecule has 21 heavy (non-hydrogen) atoms. The summed E-state index contributed by atoms with van der Waals surface area (Å²) in [5.41, 5.74) is -1.69. The van der Waals surface area contributed by atoms with E-state index in [-0.39, 0.29) is 17.8 Å². The Bertz CT molecular complexity index is 574. The highest BCUT2D eigenvalue weighted by Gasteiger charge is 2.37. The van der Waals surface area contributed by atoms with Gasteiger partial charge in [0.15, 0.2) is 0 Å². The van der Waals surface area contributed by atoms with E-state index in [4.69, 9.17) is 5.11 Å². The van der Waals surface area contributed by atoms with E-state index in [1.807, 2.05) is 0 Å². The van der Waals surface area contributed by atoms with Crippen LogP contribution < -0.4 is 5.32 Å². The van der Waals surface area contributed by atoms with Gasteiger partial charge in [-0.1, -0.05) is 0 Å². The van der Waals surface area contributed by atoms with Gasteiger partial charge in [0, 0.05) is 12.6 Å². The number of carboxylic acid groups (broad SMARTS) is 1. The molecule has 0 aliphatic rings. The first-order valence-corrected chi connectivity index (χ1v) is 6.39. The SMILES string of the molecule is CCN(C(=O)Nc1cc(F)c(C)cc1F)C(C)(C)C(=O)O. The number of hydrogen-bond acceptors (Lipinski definition) is 2. The van der Waals surface area contributed by atoms with Crippen LogP contribution in [0.3, 0.4) is 0 Å². The molecule has 0 fully saturated rings. The Hall–Kier alpha value is -2.18. The van der Waals surface area contributed by atoms with Crippen LogP contribution in [0.4, 0.5) is 19.3 Å². The Labute approximate surface area is 121 Å². The van der Waals surface area contributed by atoms with Gasteiger partial charge in [-0.15, -0.1) is 0 Å². The molecule has 0 aromatic heterocycles. The first-order valence-electron chi connectivity index (χ1n) is 6.39. The molecule has 2 N–H and O–H groups in total. The van der Waals surface area contributed by atoms with Crippen LogP contribution in [0.25, 0.3) is 0 Å². The van der Waals surface area contributed by atoms with Crippen LogP contribution in [-0.2, 0) is 4.79 Å². The molecule has 0 spiro atoms. The summed E-state index contributed by atoms with van der Waals surface area (Å²) < 4.78 is 27.1. The van der Waals surface area contributed by atoms with Crippen molar-refractivity contribution in [1.82, 2.24) is 4.90 Å². The molecule has 0 heterocycles. The van der Waals surface area contributed by atoms with Crippen LogP contribution in [0.15, 0.2) is 12.1 Å². The number of carbonyl (C=O) groups excluding carboxylic acids is 1. The van der Waals surface area contributed by atoms with E-state index in [0.29, 0.717) is 0 Å². The van der Waals surface area contributed by atoms with E-state index in [1.165, 1.54) is 20.8 Å². The summed E-state index contributed by atoms with van der Waals surface area (Å²) in [4.78, 5) is 24.3. The zero-order valence-corrected chi connectivity index (χ0v) is 12.3. The number of likely N-dealkylation sites (N-methyl/N-ethyl adjacent to an activating group) is 1. The zero-order valence-electron chi connectivity index (χ0n) is 12.3. The lowest BCUT2D eigenvalue weighted by Crippen LogP contribution is -2.54. The Morgan fingerprint density at radius 3 is 2.33 bits per heavy atom. The molecular weight excluding hydrogens is 282 g/mol. The first kappa shape index (κ1) is 16.9. The molecule has 0 atom stereocenters. The summed E-state index contributed by atoms with van der Waals surface area (Å²) in [5, 5.41) is 11.3. The van der Waals surface area contributed by atoms with Crippen LogP contribution in [0, 0.1) is 18.6 Å². The molecule has 0 radical (unpaired) electrons. The molecule has 5 nitrogen and oxygen atoms in total. The van der Waals surface area contributed by atoms with Gasteiger partial charge in [0.2, 0.25) is 0 Å². The predicted molar refractivity (Wildman–Crippen MR) is 74.2 cm³/mol. The third kappa shape index (κ3) is 3.48. The highest BCUT2D eigenvalue weighted by Crippen LogP contribution is 2.21. The normalized spacial score (nSPS) is 11.1. The van der Waals surface area contributed by atoms with Gasteiger partial charge in [0.1, 0.15) is 17.2 Å². The van der Waals surface area contributed by atoms with Crippen molar-refractivity contribution >= 4 is 17.7 Å². The second kappa shape index (κ2) is 6.07. The van der Waals surface area contributed by atoms with E-state index in [9.17, 15) is 18.4 Å². The van der Waals surface area contributed by atoms with Gasteiger partial charge in [-0.05, 0) is 39.3 Å². The Balaban J connectivity index is 3.04. The smallest absolute Gasteiger partial charge is 0.329 e. The fraction of sp³-hybridized carbons (Fsp3) is 0.429. The second-order valence-corrected chi connectivity index (χ2v) is 5.12. The number of amides is 2. The van der Waals surface area contributed by atoms with Crippen LogP contribution in [0.2, 0.25) is 0 Å².